The van der Waals surface area contributed by atoms with Crippen LogP contribution in [-0.4, -0.2) is 36.1 Å². The van der Waals surface area contributed by atoms with Crippen LogP contribution in [0.5, 0.6) is 0 Å². The fraction of sp³-hybridized carbons (Fsp3) is 0.750. The molecule has 0 atom stereocenters. The first kappa shape index (κ1) is 13.8. The Morgan fingerprint density at radius 1 is 1.20 bits per heavy atom. The second-order valence-corrected chi connectivity index (χ2v) is 6.07. The molecule has 2 aliphatic rings. The molecule has 110 valence electrons. The fourth-order valence-corrected chi connectivity index (χ4v) is 3.47. The molecule has 1 aromatic rings. The molecule has 0 aromatic carbocycles. The smallest absolute Gasteiger partial charge is 0.135 e. The van der Waals surface area contributed by atoms with Gasteiger partial charge in [0.25, 0.3) is 0 Å². The van der Waals surface area contributed by atoms with Crippen molar-refractivity contribution in [2.75, 3.05) is 31.1 Å². The van der Waals surface area contributed by atoms with E-state index in [4.69, 9.17) is 0 Å². The number of nitrogens with zero attached hydrogens (tertiary/aromatic N) is 3. The average molecular weight is 274 g/mol. The van der Waals surface area contributed by atoms with Gasteiger partial charge in [0.05, 0.1) is 0 Å². The Morgan fingerprint density at radius 2 is 2.00 bits per heavy atom. The summed E-state index contributed by atoms with van der Waals surface area (Å²) in [7, 11) is 0. The van der Waals surface area contributed by atoms with Crippen LogP contribution in [0.1, 0.15) is 43.9 Å². The predicted molar refractivity (Wildman–Crippen MR) is 82.2 cm³/mol. The highest BCUT2D eigenvalue weighted by molar-refractivity contribution is 5.49. The zero-order valence-corrected chi connectivity index (χ0v) is 12.6. The molecular weight excluding hydrogens is 248 g/mol. The Labute approximate surface area is 122 Å². The molecule has 1 N–H and O–H groups in total. The minimum atomic E-state index is 0.837. The van der Waals surface area contributed by atoms with Crippen molar-refractivity contribution in [1.29, 1.82) is 0 Å². The highest BCUT2D eigenvalue weighted by atomic mass is 15.2. The number of nitrogens with one attached hydrogen (secondary N) is 1. The Bertz CT molecular complexity index is 438. The quantitative estimate of drug-likeness (QED) is 0.913. The second kappa shape index (κ2) is 6.53. The van der Waals surface area contributed by atoms with Gasteiger partial charge in [0, 0.05) is 24.3 Å². The molecule has 0 bridgehead atoms. The Morgan fingerprint density at radius 3 is 2.80 bits per heavy atom. The van der Waals surface area contributed by atoms with Crippen LogP contribution < -0.4 is 10.2 Å². The van der Waals surface area contributed by atoms with E-state index in [-0.39, 0.29) is 0 Å². The van der Waals surface area contributed by atoms with E-state index in [9.17, 15) is 0 Å². The van der Waals surface area contributed by atoms with Gasteiger partial charge in [-0.25, -0.2) is 9.97 Å². The third-order valence-corrected chi connectivity index (χ3v) is 4.70. The minimum Gasteiger partial charge on any atom is -0.356 e. The zero-order chi connectivity index (χ0) is 13.8. The Hall–Kier alpha value is -1.16. The summed E-state index contributed by atoms with van der Waals surface area (Å²) >= 11 is 0. The van der Waals surface area contributed by atoms with Crippen molar-refractivity contribution in [3.8, 4) is 0 Å². The Kier molecular flexibility index (Phi) is 4.51. The van der Waals surface area contributed by atoms with Gasteiger partial charge in [0.2, 0.25) is 0 Å². The van der Waals surface area contributed by atoms with E-state index >= 15 is 0 Å². The number of rotatable bonds is 4. The first-order chi connectivity index (χ1) is 9.88. The summed E-state index contributed by atoms with van der Waals surface area (Å²) in [6.45, 7) is 6.74. The molecule has 2 heterocycles. The molecular formula is C16H26N4. The highest BCUT2D eigenvalue weighted by Crippen LogP contribution is 2.29. The van der Waals surface area contributed by atoms with Gasteiger partial charge >= 0.3 is 0 Å². The van der Waals surface area contributed by atoms with Crippen molar-refractivity contribution in [2.45, 2.75) is 45.4 Å². The molecule has 0 radical (unpaired) electrons. The van der Waals surface area contributed by atoms with E-state index in [1.54, 1.807) is 6.33 Å². The number of fused-ring (bicyclic) bond motifs is 1. The van der Waals surface area contributed by atoms with E-state index in [2.05, 4.69) is 27.1 Å². The fourth-order valence-electron chi connectivity index (χ4n) is 3.47. The van der Waals surface area contributed by atoms with Crippen molar-refractivity contribution in [3.05, 3.63) is 17.6 Å². The standard InChI is InChI=1S/C16H26N4/c1-2-17-11-13-7-9-20(10-8-13)16-14-5-3-4-6-15(14)18-12-19-16/h12-13,17H,2-11H2,1H3. The maximum Gasteiger partial charge on any atom is 0.135 e. The third-order valence-electron chi connectivity index (χ3n) is 4.70. The summed E-state index contributed by atoms with van der Waals surface area (Å²) in [5, 5.41) is 3.48. The lowest BCUT2D eigenvalue weighted by Crippen LogP contribution is -2.38. The lowest BCUT2D eigenvalue weighted by Gasteiger charge is -2.34. The van der Waals surface area contributed by atoms with Crippen LogP contribution >= 0.6 is 0 Å². The third kappa shape index (κ3) is 2.95. The van der Waals surface area contributed by atoms with Crippen molar-refractivity contribution in [1.82, 2.24) is 15.3 Å². The first-order valence-corrected chi connectivity index (χ1v) is 8.17. The second-order valence-electron chi connectivity index (χ2n) is 6.07. The summed E-state index contributed by atoms with van der Waals surface area (Å²) in [6, 6.07) is 0. The van der Waals surface area contributed by atoms with Gasteiger partial charge in [0.15, 0.2) is 0 Å². The zero-order valence-electron chi connectivity index (χ0n) is 12.6. The normalized spacial score (nSPS) is 19.9. The highest BCUT2D eigenvalue weighted by Gasteiger charge is 2.24. The molecule has 0 amide bonds. The average Bonchev–Trinajstić information content (AvgIpc) is 2.53. The van der Waals surface area contributed by atoms with Gasteiger partial charge < -0.3 is 10.2 Å². The lowest BCUT2D eigenvalue weighted by molar-refractivity contribution is 0.384. The van der Waals surface area contributed by atoms with Crippen molar-refractivity contribution >= 4 is 5.82 Å². The molecule has 0 spiro atoms. The summed E-state index contributed by atoms with van der Waals surface area (Å²) in [5.74, 6) is 2.07. The van der Waals surface area contributed by atoms with Crippen molar-refractivity contribution < 1.29 is 0 Å². The number of aryl methyl sites for hydroxylation is 1. The van der Waals surface area contributed by atoms with Crippen molar-refractivity contribution in [2.24, 2.45) is 5.92 Å². The first-order valence-electron chi connectivity index (χ1n) is 8.17. The summed E-state index contributed by atoms with van der Waals surface area (Å²) in [4.78, 5) is 11.6. The van der Waals surface area contributed by atoms with Crippen LogP contribution in [0, 0.1) is 5.92 Å². The van der Waals surface area contributed by atoms with Gasteiger partial charge in [0.1, 0.15) is 12.1 Å². The SMILES string of the molecule is CCNCC1CCN(c2ncnc3c2CCCC3)CC1. The van der Waals surface area contributed by atoms with E-state index in [0.29, 0.717) is 0 Å². The van der Waals surface area contributed by atoms with E-state index in [1.807, 2.05) is 0 Å². The number of aromatic nitrogens is 2. The molecule has 4 heteroatoms. The lowest BCUT2D eigenvalue weighted by atomic mass is 9.93. The molecule has 0 saturated carbocycles. The number of anilines is 1. The number of hydrogen-bond acceptors (Lipinski definition) is 4. The van der Waals surface area contributed by atoms with Crippen LogP contribution in [0.2, 0.25) is 0 Å². The summed E-state index contributed by atoms with van der Waals surface area (Å²) in [6.07, 6.45) is 9.23. The number of piperidine rings is 1. The molecule has 4 nitrogen and oxygen atoms in total. The summed E-state index contributed by atoms with van der Waals surface area (Å²) < 4.78 is 0. The van der Waals surface area contributed by atoms with E-state index in [1.165, 1.54) is 55.7 Å². The molecule has 1 aliphatic heterocycles. The molecule has 20 heavy (non-hydrogen) atoms. The minimum absolute atomic E-state index is 0.837. The van der Waals surface area contributed by atoms with Crippen LogP contribution in [0.15, 0.2) is 6.33 Å². The van der Waals surface area contributed by atoms with E-state index in [0.717, 1.165) is 32.0 Å². The number of hydrogen-bond donors (Lipinski definition) is 1. The van der Waals surface area contributed by atoms with Crippen LogP contribution in [0.25, 0.3) is 0 Å². The Balaban J connectivity index is 1.66. The van der Waals surface area contributed by atoms with Gasteiger partial charge in [-0.3, -0.25) is 0 Å². The van der Waals surface area contributed by atoms with Crippen LogP contribution in [0.4, 0.5) is 5.82 Å². The van der Waals surface area contributed by atoms with Gasteiger partial charge in [-0.05, 0) is 57.5 Å². The predicted octanol–water partition coefficient (Wildman–Crippen LogP) is 2.18. The maximum absolute atomic E-state index is 4.60. The molecule has 1 aliphatic carbocycles. The topological polar surface area (TPSA) is 41.0 Å². The van der Waals surface area contributed by atoms with E-state index < -0.39 is 0 Å². The summed E-state index contributed by atoms with van der Waals surface area (Å²) in [5.41, 5.74) is 2.74. The molecule has 0 unspecified atom stereocenters. The van der Waals surface area contributed by atoms with Crippen molar-refractivity contribution in [3.63, 3.8) is 0 Å². The molecule has 1 saturated heterocycles. The monoisotopic (exact) mass is 274 g/mol. The molecule has 1 fully saturated rings. The molecule has 3 rings (SSSR count). The van der Waals surface area contributed by atoms with Crippen LogP contribution in [-0.2, 0) is 12.8 Å². The van der Waals surface area contributed by atoms with Gasteiger partial charge in [-0.15, -0.1) is 0 Å². The van der Waals surface area contributed by atoms with Gasteiger partial charge in [-0.1, -0.05) is 6.92 Å². The van der Waals surface area contributed by atoms with Crippen LogP contribution in [0.3, 0.4) is 0 Å². The molecule has 1 aromatic heterocycles. The largest absolute Gasteiger partial charge is 0.356 e. The van der Waals surface area contributed by atoms with Gasteiger partial charge in [-0.2, -0.15) is 0 Å². The maximum atomic E-state index is 4.60.